The van der Waals surface area contributed by atoms with Gasteiger partial charge in [0.25, 0.3) is 0 Å². The molecule has 4 heterocycles. The quantitative estimate of drug-likeness (QED) is 0.238. The first-order valence-corrected chi connectivity index (χ1v) is 14.5. The summed E-state index contributed by atoms with van der Waals surface area (Å²) in [6.07, 6.45) is -4.06. The van der Waals surface area contributed by atoms with Crippen LogP contribution in [0.3, 0.4) is 0 Å². The number of H-pyrrole nitrogens is 1. The number of aromatic nitrogens is 6. The van der Waals surface area contributed by atoms with Crippen molar-refractivity contribution in [3.05, 3.63) is 42.2 Å². The van der Waals surface area contributed by atoms with Crippen molar-refractivity contribution in [2.75, 3.05) is 18.8 Å². The van der Waals surface area contributed by atoms with E-state index in [0.717, 1.165) is 23.3 Å². The Labute approximate surface area is 246 Å². The Hall–Kier alpha value is -3.33. The van der Waals surface area contributed by atoms with E-state index in [9.17, 15) is 23.4 Å². The topological polar surface area (TPSA) is 151 Å². The van der Waals surface area contributed by atoms with E-state index in [1.54, 1.807) is 0 Å². The number of nitrogens with one attached hydrogen (secondary N) is 1. The number of hydrogen-bond acceptors (Lipinski definition) is 9. The molecule has 1 saturated carbocycles. The molecule has 11 nitrogen and oxygen atoms in total. The molecule has 0 radical (unpaired) electrons. The molecule has 232 valence electrons. The summed E-state index contributed by atoms with van der Waals surface area (Å²) in [5, 5.41) is 21.5. The van der Waals surface area contributed by atoms with Crippen LogP contribution in [0.1, 0.15) is 57.6 Å². The predicted octanol–water partition coefficient (Wildman–Crippen LogP) is 3.48. The summed E-state index contributed by atoms with van der Waals surface area (Å²) in [5.74, 6) is 1.27. The van der Waals surface area contributed by atoms with Gasteiger partial charge in [0, 0.05) is 19.0 Å². The van der Waals surface area contributed by atoms with Crippen molar-refractivity contribution in [3.63, 3.8) is 0 Å². The van der Waals surface area contributed by atoms with Crippen LogP contribution in [-0.4, -0.2) is 88.2 Å². The molecule has 4 aromatic rings. The van der Waals surface area contributed by atoms with Crippen molar-refractivity contribution in [2.45, 2.75) is 88.6 Å². The molecule has 0 bridgehead atoms. The molecule has 5 N–H and O–H groups in total. The molecule has 2 fully saturated rings. The monoisotopic (exact) mass is 602 g/mol. The largest absolute Gasteiger partial charge is 0.401 e. The van der Waals surface area contributed by atoms with Gasteiger partial charge < -0.3 is 25.7 Å². The fraction of sp³-hybridized carbons (Fsp3) is 0.586. The second-order valence-corrected chi connectivity index (χ2v) is 12.9. The molecular weight excluding hydrogens is 565 g/mol. The molecule has 1 aliphatic carbocycles. The Morgan fingerprint density at radius 3 is 2.60 bits per heavy atom. The summed E-state index contributed by atoms with van der Waals surface area (Å²) in [4.78, 5) is 21.6. The third-order valence-corrected chi connectivity index (χ3v) is 8.71. The number of aliphatic hydroxyl groups is 2. The maximum atomic E-state index is 13.6. The second-order valence-electron chi connectivity index (χ2n) is 12.9. The van der Waals surface area contributed by atoms with Crippen LogP contribution in [0.4, 0.5) is 19.0 Å². The van der Waals surface area contributed by atoms with Gasteiger partial charge in [-0.3, -0.25) is 9.47 Å². The fourth-order valence-electron chi connectivity index (χ4n) is 6.19. The van der Waals surface area contributed by atoms with Crippen molar-refractivity contribution < 1.29 is 28.1 Å². The Balaban J connectivity index is 1.08. The van der Waals surface area contributed by atoms with E-state index in [2.05, 4.69) is 52.8 Å². The molecule has 0 amide bonds. The first-order valence-electron chi connectivity index (χ1n) is 14.5. The third kappa shape index (κ3) is 6.06. The summed E-state index contributed by atoms with van der Waals surface area (Å²) >= 11 is 0. The molecule has 1 aliphatic heterocycles. The van der Waals surface area contributed by atoms with E-state index >= 15 is 0 Å². The van der Waals surface area contributed by atoms with Crippen molar-refractivity contribution in [1.29, 1.82) is 0 Å². The molecule has 0 spiro atoms. The maximum absolute atomic E-state index is 13.6. The molecular formula is C29H37F3N8O3. The number of halogens is 3. The van der Waals surface area contributed by atoms with Crippen molar-refractivity contribution in [3.8, 4) is 0 Å². The Morgan fingerprint density at radius 1 is 1.12 bits per heavy atom. The summed E-state index contributed by atoms with van der Waals surface area (Å²) in [5.41, 5.74) is 9.55. The Morgan fingerprint density at radius 2 is 1.88 bits per heavy atom. The van der Waals surface area contributed by atoms with Gasteiger partial charge in [0.1, 0.15) is 36.0 Å². The number of anilines is 1. The highest BCUT2D eigenvalue weighted by atomic mass is 19.4. The third-order valence-electron chi connectivity index (χ3n) is 8.71. The van der Waals surface area contributed by atoms with Crippen molar-refractivity contribution in [1.82, 2.24) is 34.4 Å². The molecule has 2 aliphatic rings. The molecule has 1 saturated heterocycles. The van der Waals surface area contributed by atoms with Crippen molar-refractivity contribution >= 4 is 28.0 Å². The van der Waals surface area contributed by atoms with Gasteiger partial charge in [-0.15, -0.1) is 0 Å². The van der Waals surface area contributed by atoms with Crippen LogP contribution in [-0.2, 0) is 16.6 Å². The second kappa shape index (κ2) is 11.0. The number of aryl methyl sites for hydroxylation is 1. The lowest BCUT2D eigenvalue weighted by Crippen LogP contribution is -2.52. The lowest BCUT2D eigenvalue weighted by molar-refractivity contribution is -0.163. The summed E-state index contributed by atoms with van der Waals surface area (Å²) in [7, 11) is 0. The number of nitrogen functional groups attached to an aromatic ring is 1. The molecule has 43 heavy (non-hydrogen) atoms. The number of alkyl halides is 3. The predicted molar refractivity (Wildman–Crippen MR) is 153 cm³/mol. The number of ether oxygens (including phenoxy) is 1. The van der Waals surface area contributed by atoms with Crippen LogP contribution in [0.2, 0.25) is 0 Å². The van der Waals surface area contributed by atoms with Crippen LogP contribution in [0, 0.1) is 5.92 Å². The van der Waals surface area contributed by atoms with E-state index in [-0.39, 0.29) is 35.4 Å². The zero-order chi connectivity index (χ0) is 30.7. The number of nitrogens with two attached hydrogens (primary N) is 1. The summed E-state index contributed by atoms with van der Waals surface area (Å²) < 4.78 is 48.2. The number of rotatable bonds is 8. The summed E-state index contributed by atoms with van der Waals surface area (Å²) in [6.45, 7) is 5.16. The van der Waals surface area contributed by atoms with Gasteiger partial charge in [0.2, 0.25) is 0 Å². The first kappa shape index (κ1) is 29.7. The van der Waals surface area contributed by atoms with Gasteiger partial charge in [-0.25, -0.2) is 19.9 Å². The van der Waals surface area contributed by atoms with Gasteiger partial charge >= 0.3 is 6.18 Å². The highest BCUT2D eigenvalue weighted by Gasteiger charge is 2.47. The minimum Gasteiger partial charge on any atom is -0.387 e. The maximum Gasteiger partial charge on any atom is 0.401 e. The zero-order valence-electron chi connectivity index (χ0n) is 24.3. The van der Waals surface area contributed by atoms with E-state index < -0.39 is 37.3 Å². The standard InChI is InChI=1S/C29H37F3N8O3/c1-28(2,3)16-5-6-18-19(10-16)38-21(37-18)7-4-15-8-17(9-15)39(12-29(30,31)32)11-20-23(41)24(42)27(43-20)40-14-36-22-25(33)34-13-35-26(22)40/h5-6,10,13-15,17,20,23-24,27,41-42H,4,7-9,11-12H2,1-3H3,(H,37,38)(H2,33,34,35). The van der Waals surface area contributed by atoms with Gasteiger partial charge in [-0.2, -0.15) is 13.2 Å². The number of fused-ring (bicyclic) bond motifs is 2. The van der Waals surface area contributed by atoms with Gasteiger partial charge in [0.15, 0.2) is 17.7 Å². The SMILES string of the molecule is CC(C)(C)c1ccc2[nH]c(CCC3CC(N(CC4OC(n5cnc6c(N)ncnc65)C(O)C4O)CC(F)(F)F)C3)nc2c1. The molecule has 6 rings (SSSR count). The minimum absolute atomic E-state index is 0.0203. The fourth-order valence-corrected chi connectivity index (χ4v) is 6.19. The van der Waals surface area contributed by atoms with Gasteiger partial charge in [0.05, 0.1) is 23.9 Å². The number of hydrogen-bond donors (Lipinski definition) is 4. The number of aromatic amines is 1. The number of nitrogens with zero attached hydrogens (tertiary/aromatic N) is 6. The smallest absolute Gasteiger partial charge is 0.387 e. The average molecular weight is 603 g/mol. The van der Waals surface area contributed by atoms with Crippen LogP contribution in [0.25, 0.3) is 22.2 Å². The number of imidazole rings is 2. The molecule has 3 aromatic heterocycles. The summed E-state index contributed by atoms with van der Waals surface area (Å²) in [6, 6.07) is 5.93. The van der Waals surface area contributed by atoms with Crippen LogP contribution >= 0.6 is 0 Å². The number of benzene rings is 1. The van der Waals surface area contributed by atoms with Crippen LogP contribution in [0.15, 0.2) is 30.9 Å². The van der Waals surface area contributed by atoms with Gasteiger partial charge in [-0.05, 0) is 48.3 Å². The van der Waals surface area contributed by atoms with Crippen LogP contribution < -0.4 is 5.73 Å². The molecule has 14 heteroatoms. The molecule has 4 unspecified atom stereocenters. The van der Waals surface area contributed by atoms with Gasteiger partial charge in [-0.1, -0.05) is 26.8 Å². The first-order chi connectivity index (χ1) is 20.3. The van der Waals surface area contributed by atoms with Crippen LogP contribution in [0.5, 0.6) is 0 Å². The average Bonchev–Trinajstić information content (AvgIpc) is 3.58. The highest BCUT2D eigenvalue weighted by Crippen LogP contribution is 2.39. The van der Waals surface area contributed by atoms with E-state index in [4.69, 9.17) is 15.5 Å². The Kier molecular flexibility index (Phi) is 7.60. The molecule has 1 aromatic carbocycles. The van der Waals surface area contributed by atoms with Crippen molar-refractivity contribution in [2.24, 2.45) is 5.92 Å². The van der Waals surface area contributed by atoms with E-state index in [0.29, 0.717) is 24.8 Å². The lowest BCUT2D eigenvalue weighted by Gasteiger charge is -2.44. The zero-order valence-corrected chi connectivity index (χ0v) is 24.3. The van der Waals surface area contributed by atoms with E-state index in [1.807, 2.05) is 6.07 Å². The number of aliphatic hydroxyl groups excluding tert-OH is 2. The highest BCUT2D eigenvalue weighted by molar-refractivity contribution is 5.81. The molecule has 4 atom stereocenters. The minimum atomic E-state index is -4.43. The normalized spacial score (nSPS) is 26.5. The van der Waals surface area contributed by atoms with E-state index in [1.165, 1.54) is 27.7 Å². The Bertz CT molecular complexity index is 1590. The lowest BCUT2D eigenvalue weighted by atomic mass is 9.76.